The van der Waals surface area contributed by atoms with Gasteiger partial charge in [0.1, 0.15) is 11.9 Å². The van der Waals surface area contributed by atoms with Gasteiger partial charge in [-0.3, -0.25) is 4.79 Å². The van der Waals surface area contributed by atoms with Crippen molar-refractivity contribution in [3.05, 3.63) is 48.2 Å². The fourth-order valence-electron chi connectivity index (χ4n) is 5.86. The molecule has 3 fully saturated rings. The molecule has 38 heavy (non-hydrogen) atoms. The van der Waals surface area contributed by atoms with Crippen molar-refractivity contribution in [2.75, 3.05) is 44.8 Å². The van der Waals surface area contributed by atoms with Crippen molar-refractivity contribution in [2.45, 2.75) is 64.1 Å². The number of likely N-dealkylation sites (tertiary alicyclic amines) is 1. The Balaban J connectivity index is 1.35. The van der Waals surface area contributed by atoms with Gasteiger partial charge in [-0.15, -0.1) is 0 Å². The molecule has 3 saturated heterocycles. The molecule has 3 aliphatic heterocycles. The van der Waals surface area contributed by atoms with Crippen molar-refractivity contribution in [2.24, 2.45) is 5.41 Å². The summed E-state index contributed by atoms with van der Waals surface area (Å²) in [5.74, 6) is 1.31. The zero-order chi connectivity index (χ0) is 27.1. The topological polar surface area (TPSA) is 93.6 Å². The van der Waals surface area contributed by atoms with Gasteiger partial charge in [0.25, 0.3) is 5.91 Å². The lowest BCUT2D eigenvalue weighted by Crippen LogP contribution is -2.42. The van der Waals surface area contributed by atoms with Crippen LogP contribution in [0.5, 0.6) is 11.5 Å². The molecule has 2 unspecified atom stereocenters. The monoisotopic (exact) mass is 525 g/mol. The van der Waals surface area contributed by atoms with Crippen LogP contribution in [0.15, 0.2) is 42.6 Å². The van der Waals surface area contributed by atoms with Crippen LogP contribution >= 0.6 is 0 Å². The molecule has 4 heterocycles. The van der Waals surface area contributed by atoms with Crippen LogP contribution in [0.4, 0.5) is 5.82 Å². The number of carbonyl (C=O) groups excluding carboxylic acids is 1. The Bertz CT molecular complexity index is 1140. The number of methoxy groups -OCH3 is 1. The average molecular weight is 526 g/mol. The van der Waals surface area contributed by atoms with Gasteiger partial charge in [0.2, 0.25) is 0 Å². The summed E-state index contributed by atoms with van der Waals surface area (Å²) < 4.78 is 23.6. The lowest BCUT2D eigenvalue weighted by Gasteiger charge is -2.34. The molecule has 1 aromatic heterocycles. The van der Waals surface area contributed by atoms with E-state index in [9.17, 15) is 9.90 Å². The van der Waals surface area contributed by atoms with E-state index in [4.69, 9.17) is 18.9 Å². The van der Waals surface area contributed by atoms with Crippen molar-refractivity contribution in [3.8, 4) is 11.5 Å². The number of ether oxygens (including phenoxy) is 4. The summed E-state index contributed by atoms with van der Waals surface area (Å²) in [6.07, 6.45) is 1.41. The number of aromatic nitrogens is 1. The van der Waals surface area contributed by atoms with Gasteiger partial charge >= 0.3 is 0 Å². The van der Waals surface area contributed by atoms with E-state index >= 15 is 0 Å². The van der Waals surface area contributed by atoms with E-state index in [1.807, 2.05) is 57.2 Å². The van der Waals surface area contributed by atoms with E-state index in [0.717, 1.165) is 30.9 Å². The van der Waals surface area contributed by atoms with E-state index < -0.39 is 23.4 Å². The van der Waals surface area contributed by atoms with Gasteiger partial charge in [-0.25, -0.2) is 4.98 Å². The summed E-state index contributed by atoms with van der Waals surface area (Å²) in [6, 6.07) is 11.9. The third-order valence-corrected chi connectivity index (χ3v) is 8.28. The van der Waals surface area contributed by atoms with Crippen molar-refractivity contribution in [1.29, 1.82) is 0 Å². The van der Waals surface area contributed by atoms with E-state index in [1.54, 1.807) is 25.1 Å². The number of nitrogens with zero attached hydrogens (tertiary/aromatic N) is 3. The summed E-state index contributed by atoms with van der Waals surface area (Å²) >= 11 is 0. The minimum Gasteiger partial charge on any atom is -0.493 e. The summed E-state index contributed by atoms with van der Waals surface area (Å²) in [5, 5.41) is 10.9. The van der Waals surface area contributed by atoms with Crippen molar-refractivity contribution >= 4 is 11.7 Å². The fourth-order valence-corrected chi connectivity index (χ4v) is 5.86. The Morgan fingerprint density at radius 2 is 2.00 bits per heavy atom. The SMILES string of the molecule is COc1ccc([C@@H]2CN(C(=O)C3COC(C)(C)O3)C[C@@]2(C)[C@@H](C)O)cc1OC1CCN(c2ccccn2)C1. The highest BCUT2D eigenvalue weighted by Crippen LogP contribution is 2.47. The van der Waals surface area contributed by atoms with E-state index in [-0.39, 0.29) is 24.5 Å². The third kappa shape index (κ3) is 5.19. The number of hydrogen-bond acceptors (Lipinski definition) is 8. The standard InChI is InChI=1S/C29H39N3O6/c1-19(33)29(4)18-32(27(34)25-17-36-28(2,3)38-25)16-22(29)20-9-10-23(35-5)24(14-20)37-21-11-13-31(15-21)26-8-6-7-12-30-26/h6-10,12,14,19,21-22,25,33H,11,13,15-18H2,1-5H3/t19-,21?,22+,25?,29+/m1/s1. The summed E-state index contributed by atoms with van der Waals surface area (Å²) in [5.41, 5.74) is 0.461. The van der Waals surface area contributed by atoms with Crippen LogP contribution in [-0.2, 0) is 14.3 Å². The number of aliphatic hydroxyl groups excluding tert-OH is 1. The molecule has 1 aromatic carbocycles. The molecule has 0 radical (unpaired) electrons. The molecule has 9 heteroatoms. The highest BCUT2D eigenvalue weighted by molar-refractivity contribution is 5.82. The number of hydrogen-bond donors (Lipinski definition) is 1. The number of amides is 1. The van der Waals surface area contributed by atoms with Crippen LogP contribution in [0.25, 0.3) is 0 Å². The lowest BCUT2D eigenvalue weighted by atomic mass is 9.72. The zero-order valence-electron chi connectivity index (χ0n) is 22.9. The molecular weight excluding hydrogens is 486 g/mol. The van der Waals surface area contributed by atoms with Gasteiger partial charge in [0.15, 0.2) is 23.4 Å². The first-order chi connectivity index (χ1) is 18.1. The van der Waals surface area contributed by atoms with E-state index in [1.165, 1.54) is 0 Å². The molecule has 9 nitrogen and oxygen atoms in total. The molecule has 0 spiro atoms. The van der Waals surface area contributed by atoms with Gasteiger partial charge in [0, 0.05) is 43.6 Å². The minimum absolute atomic E-state index is 0.00571. The molecule has 5 rings (SSSR count). The van der Waals surface area contributed by atoms with Crippen molar-refractivity contribution in [3.63, 3.8) is 0 Å². The maximum Gasteiger partial charge on any atom is 0.254 e. The Kier molecular flexibility index (Phi) is 7.28. The predicted octanol–water partition coefficient (Wildman–Crippen LogP) is 3.21. The maximum atomic E-state index is 13.4. The highest BCUT2D eigenvalue weighted by atomic mass is 16.7. The normalized spacial score (nSPS) is 29.5. The average Bonchev–Trinajstić information content (AvgIpc) is 3.61. The molecule has 0 bridgehead atoms. The number of benzene rings is 1. The quantitative estimate of drug-likeness (QED) is 0.589. The van der Waals surface area contributed by atoms with Gasteiger partial charge in [0.05, 0.1) is 26.4 Å². The second kappa shape index (κ2) is 10.4. The van der Waals surface area contributed by atoms with E-state index in [2.05, 4.69) is 9.88 Å². The van der Waals surface area contributed by atoms with Crippen molar-refractivity contribution < 1.29 is 28.8 Å². The summed E-state index contributed by atoms with van der Waals surface area (Å²) in [4.78, 5) is 21.8. The Morgan fingerprint density at radius 3 is 2.66 bits per heavy atom. The highest BCUT2D eigenvalue weighted by Gasteiger charge is 2.50. The molecule has 3 aliphatic rings. The van der Waals surface area contributed by atoms with Crippen LogP contribution in [0.1, 0.15) is 45.6 Å². The maximum absolute atomic E-state index is 13.4. The molecule has 0 saturated carbocycles. The molecule has 1 N–H and O–H groups in total. The second-order valence-corrected chi connectivity index (χ2v) is 11.3. The van der Waals surface area contributed by atoms with Crippen LogP contribution < -0.4 is 14.4 Å². The first-order valence-electron chi connectivity index (χ1n) is 13.4. The second-order valence-electron chi connectivity index (χ2n) is 11.3. The predicted molar refractivity (Wildman–Crippen MR) is 142 cm³/mol. The zero-order valence-corrected chi connectivity index (χ0v) is 22.9. The summed E-state index contributed by atoms with van der Waals surface area (Å²) in [6.45, 7) is 10.2. The first-order valence-corrected chi connectivity index (χ1v) is 13.4. The Morgan fingerprint density at radius 1 is 1.18 bits per heavy atom. The minimum atomic E-state index is -0.776. The smallest absolute Gasteiger partial charge is 0.254 e. The van der Waals surface area contributed by atoms with Crippen LogP contribution in [0.3, 0.4) is 0 Å². The molecule has 2 aromatic rings. The molecule has 206 valence electrons. The van der Waals surface area contributed by atoms with Gasteiger partial charge < -0.3 is 33.9 Å². The molecule has 1 amide bonds. The molecular formula is C29H39N3O6. The number of pyridine rings is 1. The fraction of sp³-hybridized carbons (Fsp3) is 0.586. The van der Waals surface area contributed by atoms with Crippen LogP contribution in [0, 0.1) is 5.41 Å². The van der Waals surface area contributed by atoms with Crippen LogP contribution in [0.2, 0.25) is 0 Å². The number of aliphatic hydroxyl groups is 1. The number of anilines is 1. The van der Waals surface area contributed by atoms with Gasteiger partial charge in [-0.05, 0) is 50.6 Å². The number of carbonyl (C=O) groups is 1. The third-order valence-electron chi connectivity index (χ3n) is 8.28. The van der Waals surface area contributed by atoms with Crippen molar-refractivity contribution in [1.82, 2.24) is 9.88 Å². The number of rotatable bonds is 7. The van der Waals surface area contributed by atoms with E-state index in [0.29, 0.717) is 24.6 Å². The van der Waals surface area contributed by atoms with Gasteiger partial charge in [-0.1, -0.05) is 19.1 Å². The molecule has 5 atom stereocenters. The van der Waals surface area contributed by atoms with Crippen LogP contribution in [-0.4, -0.2) is 84.9 Å². The lowest BCUT2D eigenvalue weighted by molar-refractivity contribution is -0.159. The molecule has 0 aliphatic carbocycles. The van der Waals surface area contributed by atoms with Gasteiger partial charge in [-0.2, -0.15) is 0 Å². The Labute approximate surface area is 224 Å². The first kappa shape index (κ1) is 26.7. The Hall–Kier alpha value is -2.88. The summed E-state index contributed by atoms with van der Waals surface area (Å²) in [7, 11) is 1.64. The largest absolute Gasteiger partial charge is 0.493 e.